The molecule has 0 unspecified atom stereocenters. The van der Waals surface area contributed by atoms with Crippen LogP contribution in [0, 0.1) is 6.92 Å². The lowest BCUT2D eigenvalue weighted by Crippen LogP contribution is -2.29. The fraction of sp³-hybridized carbons (Fsp3) is 0.412. The number of imidazole rings is 1. The molecular formula is C17H23N3O3. The summed E-state index contributed by atoms with van der Waals surface area (Å²) in [6.07, 6.45) is 2.15. The van der Waals surface area contributed by atoms with E-state index in [-0.39, 0.29) is 5.91 Å². The predicted molar refractivity (Wildman–Crippen MR) is 87.4 cm³/mol. The summed E-state index contributed by atoms with van der Waals surface area (Å²) >= 11 is 0. The number of hydrogen-bond acceptors (Lipinski definition) is 4. The van der Waals surface area contributed by atoms with Gasteiger partial charge in [-0.2, -0.15) is 0 Å². The van der Waals surface area contributed by atoms with Gasteiger partial charge in [0.15, 0.2) is 0 Å². The summed E-state index contributed by atoms with van der Waals surface area (Å²) in [5.74, 6) is 1.62. The molecule has 2 aromatic rings. The van der Waals surface area contributed by atoms with Crippen LogP contribution in [0.3, 0.4) is 0 Å². The molecular weight excluding hydrogens is 294 g/mol. The fourth-order valence-electron chi connectivity index (χ4n) is 2.40. The monoisotopic (exact) mass is 317 g/mol. The smallest absolute Gasteiger partial charge is 0.224 e. The van der Waals surface area contributed by atoms with Gasteiger partial charge in [0.25, 0.3) is 0 Å². The number of rotatable bonds is 8. The van der Waals surface area contributed by atoms with Gasteiger partial charge in [0.2, 0.25) is 5.91 Å². The van der Waals surface area contributed by atoms with E-state index in [1.165, 1.54) is 0 Å². The number of aromatic nitrogens is 2. The normalized spacial score (nSPS) is 10.6. The van der Waals surface area contributed by atoms with Crippen LogP contribution in [-0.4, -0.2) is 36.2 Å². The Hall–Kier alpha value is -2.34. The minimum atomic E-state index is -0.00990. The van der Waals surface area contributed by atoms with Crippen molar-refractivity contribution in [1.82, 2.24) is 14.9 Å². The molecule has 1 aromatic heterocycles. The molecule has 1 amide bonds. The molecule has 1 aromatic carbocycles. The first-order valence-electron chi connectivity index (χ1n) is 7.53. The number of ether oxygens (including phenoxy) is 2. The van der Waals surface area contributed by atoms with Gasteiger partial charge in [-0.15, -0.1) is 0 Å². The van der Waals surface area contributed by atoms with Crippen molar-refractivity contribution in [2.75, 3.05) is 20.8 Å². The molecule has 124 valence electrons. The van der Waals surface area contributed by atoms with Crippen molar-refractivity contribution in [2.45, 2.75) is 26.5 Å². The number of carbonyl (C=O) groups excluding carboxylic acids is 1. The van der Waals surface area contributed by atoms with E-state index in [1.807, 2.05) is 37.4 Å². The van der Waals surface area contributed by atoms with Crippen molar-refractivity contribution in [2.24, 2.45) is 0 Å². The highest BCUT2D eigenvalue weighted by Crippen LogP contribution is 2.12. The second-order valence-corrected chi connectivity index (χ2v) is 5.28. The summed E-state index contributed by atoms with van der Waals surface area (Å²) < 4.78 is 12.3. The molecule has 1 N–H and O–H groups in total. The van der Waals surface area contributed by atoms with Crippen molar-refractivity contribution in [3.63, 3.8) is 0 Å². The maximum Gasteiger partial charge on any atom is 0.224 e. The van der Waals surface area contributed by atoms with Crippen LogP contribution in [0.1, 0.15) is 17.1 Å². The van der Waals surface area contributed by atoms with E-state index in [9.17, 15) is 4.79 Å². The summed E-state index contributed by atoms with van der Waals surface area (Å²) in [5, 5.41) is 2.93. The Bertz CT molecular complexity index is 652. The van der Waals surface area contributed by atoms with Crippen LogP contribution in [0.25, 0.3) is 0 Å². The van der Waals surface area contributed by atoms with Gasteiger partial charge in [-0.1, -0.05) is 12.1 Å². The van der Waals surface area contributed by atoms with E-state index >= 15 is 0 Å². The zero-order valence-electron chi connectivity index (χ0n) is 13.8. The lowest BCUT2D eigenvalue weighted by atomic mass is 10.1. The molecule has 0 aliphatic rings. The zero-order valence-corrected chi connectivity index (χ0v) is 13.8. The number of nitrogens with one attached hydrogen (secondary N) is 1. The minimum absolute atomic E-state index is 0.00990. The Morgan fingerprint density at radius 1 is 1.35 bits per heavy atom. The van der Waals surface area contributed by atoms with E-state index in [1.54, 1.807) is 14.2 Å². The highest BCUT2D eigenvalue weighted by molar-refractivity contribution is 5.78. The van der Waals surface area contributed by atoms with Crippen molar-refractivity contribution >= 4 is 5.91 Å². The molecule has 0 aliphatic carbocycles. The number of methoxy groups -OCH3 is 2. The fourth-order valence-corrected chi connectivity index (χ4v) is 2.40. The Morgan fingerprint density at radius 2 is 2.17 bits per heavy atom. The molecule has 1 heterocycles. The molecule has 0 saturated carbocycles. The molecule has 0 atom stereocenters. The number of carbonyl (C=O) groups is 1. The summed E-state index contributed by atoms with van der Waals surface area (Å²) in [6.45, 7) is 3.68. The Morgan fingerprint density at radius 3 is 2.91 bits per heavy atom. The highest BCUT2D eigenvalue weighted by atomic mass is 16.5. The topological polar surface area (TPSA) is 65.4 Å². The van der Waals surface area contributed by atoms with Gasteiger partial charge < -0.3 is 19.4 Å². The van der Waals surface area contributed by atoms with E-state index in [0.717, 1.165) is 22.8 Å². The zero-order chi connectivity index (χ0) is 16.7. The van der Waals surface area contributed by atoms with Crippen molar-refractivity contribution in [3.05, 3.63) is 47.5 Å². The predicted octanol–water partition coefficient (Wildman–Crippen LogP) is 1.71. The van der Waals surface area contributed by atoms with Gasteiger partial charge in [-0.25, -0.2) is 4.98 Å². The SMILES string of the molecule is COCc1ncc(C)n1CCNC(=O)Cc1cccc(OC)c1. The van der Waals surface area contributed by atoms with Gasteiger partial charge in [0.05, 0.1) is 13.5 Å². The largest absolute Gasteiger partial charge is 0.497 e. The molecule has 0 saturated heterocycles. The maximum absolute atomic E-state index is 12.0. The number of aryl methyl sites for hydroxylation is 1. The molecule has 0 radical (unpaired) electrons. The van der Waals surface area contributed by atoms with Gasteiger partial charge in [-0.05, 0) is 24.6 Å². The van der Waals surface area contributed by atoms with Gasteiger partial charge in [-0.3, -0.25) is 4.79 Å². The van der Waals surface area contributed by atoms with Crippen molar-refractivity contribution in [1.29, 1.82) is 0 Å². The first kappa shape index (κ1) is 17.0. The van der Waals surface area contributed by atoms with Gasteiger partial charge in [0, 0.05) is 32.1 Å². The van der Waals surface area contributed by atoms with Crippen molar-refractivity contribution in [3.8, 4) is 5.75 Å². The lowest BCUT2D eigenvalue weighted by Gasteiger charge is -2.11. The minimum Gasteiger partial charge on any atom is -0.497 e. The second kappa shape index (κ2) is 8.33. The third-order valence-electron chi connectivity index (χ3n) is 3.57. The van der Waals surface area contributed by atoms with Crippen LogP contribution in [0.4, 0.5) is 0 Å². The van der Waals surface area contributed by atoms with Gasteiger partial charge in [0.1, 0.15) is 18.2 Å². The quantitative estimate of drug-likeness (QED) is 0.805. The van der Waals surface area contributed by atoms with Crippen LogP contribution in [0.2, 0.25) is 0 Å². The molecule has 23 heavy (non-hydrogen) atoms. The molecule has 2 rings (SSSR count). The molecule has 6 nitrogen and oxygen atoms in total. The third kappa shape index (κ3) is 4.82. The van der Waals surface area contributed by atoms with E-state index in [4.69, 9.17) is 9.47 Å². The van der Waals surface area contributed by atoms with Crippen LogP contribution >= 0.6 is 0 Å². The number of hydrogen-bond donors (Lipinski definition) is 1. The third-order valence-corrected chi connectivity index (χ3v) is 3.57. The lowest BCUT2D eigenvalue weighted by molar-refractivity contribution is -0.120. The van der Waals surface area contributed by atoms with Crippen LogP contribution in [0.15, 0.2) is 30.5 Å². The standard InChI is InChI=1S/C17H23N3O3/c1-13-11-19-16(12-22-2)20(13)8-7-18-17(21)10-14-5-4-6-15(9-14)23-3/h4-6,9,11H,7-8,10,12H2,1-3H3,(H,18,21). The molecule has 0 fully saturated rings. The Labute approximate surface area is 136 Å². The van der Waals surface area contributed by atoms with E-state index in [2.05, 4.69) is 14.9 Å². The van der Waals surface area contributed by atoms with Gasteiger partial charge >= 0.3 is 0 Å². The number of nitrogens with zero attached hydrogens (tertiary/aromatic N) is 2. The summed E-state index contributed by atoms with van der Waals surface area (Å²) in [5.41, 5.74) is 1.99. The molecule has 0 aliphatic heterocycles. The van der Waals surface area contributed by atoms with Crippen LogP contribution in [-0.2, 0) is 29.1 Å². The average Bonchev–Trinajstić information content (AvgIpc) is 2.88. The Kier molecular flexibility index (Phi) is 6.17. The second-order valence-electron chi connectivity index (χ2n) is 5.28. The maximum atomic E-state index is 12.0. The first-order valence-corrected chi connectivity index (χ1v) is 7.53. The van der Waals surface area contributed by atoms with Crippen LogP contribution in [0.5, 0.6) is 5.75 Å². The first-order chi connectivity index (χ1) is 11.1. The number of benzene rings is 1. The summed E-state index contributed by atoms with van der Waals surface area (Å²) in [7, 11) is 3.26. The molecule has 0 spiro atoms. The Balaban J connectivity index is 1.84. The van der Waals surface area contributed by atoms with E-state index < -0.39 is 0 Å². The summed E-state index contributed by atoms with van der Waals surface area (Å²) in [4.78, 5) is 16.3. The molecule has 0 bridgehead atoms. The summed E-state index contributed by atoms with van der Waals surface area (Å²) in [6, 6.07) is 7.53. The highest BCUT2D eigenvalue weighted by Gasteiger charge is 2.08. The van der Waals surface area contributed by atoms with E-state index in [0.29, 0.717) is 26.1 Å². The van der Waals surface area contributed by atoms with Crippen molar-refractivity contribution < 1.29 is 14.3 Å². The number of amides is 1. The average molecular weight is 317 g/mol. The van der Waals surface area contributed by atoms with Crippen LogP contribution < -0.4 is 10.1 Å². The molecule has 6 heteroatoms.